The Kier molecular flexibility index (Phi) is 5.37. The summed E-state index contributed by atoms with van der Waals surface area (Å²) in [6.07, 6.45) is 7.84. The number of hydrogen-bond donors (Lipinski definition) is 1. The van der Waals surface area contributed by atoms with Crippen molar-refractivity contribution < 1.29 is 9.53 Å². The molecule has 3 aromatic heterocycles. The molecule has 1 amide bonds. The first-order chi connectivity index (χ1) is 15.7. The molecule has 160 valence electrons. The minimum absolute atomic E-state index is 0.276. The average molecular weight is 425 g/mol. The molecule has 0 saturated carbocycles. The minimum Gasteiger partial charge on any atom is -0.485 e. The number of pyridine rings is 2. The number of ether oxygens (including phenoxy) is 1. The summed E-state index contributed by atoms with van der Waals surface area (Å²) in [4.78, 5) is 21.5. The topological polar surface area (TPSA) is 81.9 Å². The van der Waals surface area contributed by atoms with Crippen LogP contribution in [-0.4, -0.2) is 25.7 Å². The lowest BCUT2D eigenvalue weighted by Crippen LogP contribution is -2.16. The number of nitrogens with zero attached hydrogens (tertiary/aromatic N) is 4. The number of hydrogen-bond acceptors (Lipinski definition) is 5. The molecule has 32 heavy (non-hydrogen) atoms. The first kappa shape index (κ1) is 19.9. The van der Waals surface area contributed by atoms with Gasteiger partial charge in [0, 0.05) is 29.8 Å². The number of aryl methyl sites for hydroxylation is 1. The standard InChI is InChI=1S/C25H23N5O2/c1-17-7-9-19(10-8-17)30-21-5-2-4-20(21)23(29-30)25(31)28-24-22(6-3-13-27-24)32-16-18-11-14-26-15-12-18/h3,6-15H,2,4-5,16H2,1H3,(H,27,28,31). The van der Waals surface area contributed by atoms with Gasteiger partial charge in [0.25, 0.3) is 5.91 Å². The summed E-state index contributed by atoms with van der Waals surface area (Å²) >= 11 is 0. The minimum atomic E-state index is -0.276. The lowest BCUT2D eigenvalue weighted by molar-refractivity contribution is 0.102. The van der Waals surface area contributed by atoms with E-state index in [1.54, 1.807) is 30.7 Å². The molecule has 1 N–H and O–H groups in total. The number of rotatable bonds is 6. The Morgan fingerprint density at radius 1 is 1.06 bits per heavy atom. The lowest BCUT2D eigenvalue weighted by Gasteiger charge is -2.11. The summed E-state index contributed by atoms with van der Waals surface area (Å²) in [5.74, 6) is 0.608. The van der Waals surface area contributed by atoms with Crippen molar-refractivity contribution in [3.8, 4) is 11.4 Å². The van der Waals surface area contributed by atoms with E-state index in [1.807, 2.05) is 28.9 Å². The van der Waals surface area contributed by atoms with E-state index in [0.29, 0.717) is 23.9 Å². The number of fused-ring (bicyclic) bond motifs is 1. The highest BCUT2D eigenvalue weighted by atomic mass is 16.5. The van der Waals surface area contributed by atoms with Gasteiger partial charge in [0.05, 0.1) is 5.69 Å². The van der Waals surface area contributed by atoms with Crippen LogP contribution in [0.5, 0.6) is 5.75 Å². The van der Waals surface area contributed by atoms with Gasteiger partial charge in [-0.2, -0.15) is 5.10 Å². The molecule has 0 spiro atoms. The smallest absolute Gasteiger partial charge is 0.277 e. The third-order valence-electron chi connectivity index (χ3n) is 5.57. The van der Waals surface area contributed by atoms with Crippen molar-refractivity contribution in [3.63, 3.8) is 0 Å². The fourth-order valence-electron chi connectivity index (χ4n) is 3.93. The van der Waals surface area contributed by atoms with E-state index in [-0.39, 0.29) is 5.91 Å². The second-order valence-corrected chi connectivity index (χ2v) is 7.82. The molecule has 1 aliphatic carbocycles. The summed E-state index contributed by atoms with van der Waals surface area (Å²) in [6.45, 7) is 2.41. The van der Waals surface area contributed by atoms with Gasteiger partial charge >= 0.3 is 0 Å². The summed E-state index contributed by atoms with van der Waals surface area (Å²) < 4.78 is 7.81. The van der Waals surface area contributed by atoms with E-state index < -0.39 is 0 Å². The van der Waals surface area contributed by atoms with E-state index in [2.05, 4.69) is 39.4 Å². The molecule has 7 heteroatoms. The number of nitrogens with one attached hydrogen (secondary N) is 1. The van der Waals surface area contributed by atoms with Crippen LogP contribution in [0.2, 0.25) is 0 Å². The third-order valence-corrected chi connectivity index (χ3v) is 5.57. The second kappa shape index (κ2) is 8.63. The van der Waals surface area contributed by atoms with Crippen molar-refractivity contribution >= 4 is 11.7 Å². The van der Waals surface area contributed by atoms with Gasteiger partial charge in [0.1, 0.15) is 6.61 Å². The average Bonchev–Trinajstić information content (AvgIpc) is 3.43. The normalized spacial score (nSPS) is 12.4. The van der Waals surface area contributed by atoms with Crippen molar-refractivity contribution in [1.82, 2.24) is 19.7 Å². The summed E-state index contributed by atoms with van der Waals surface area (Å²) in [7, 11) is 0. The van der Waals surface area contributed by atoms with Crippen molar-refractivity contribution in [3.05, 3.63) is 95.2 Å². The van der Waals surface area contributed by atoms with Gasteiger partial charge in [-0.3, -0.25) is 9.78 Å². The van der Waals surface area contributed by atoms with Crippen LogP contribution >= 0.6 is 0 Å². The molecule has 1 aliphatic rings. The van der Waals surface area contributed by atoms with Gasteiger partial charge in [-0.15, -0.1) is 0 Å². The molecule has 3 heterocycles. The molecule has 7 nitrogen and oxygen atoms in total. The predicted octanol–water partition coefficient (Wildman–Crippen LogP) is 4.29. The van der Waals surface area contributed by atoms with Crippen LogP contribution in [0.1, 0.15) is 39.3 Å². The van der Waals surface area contributed by atoms with Crippen LogP contribution in [0.15, 0.2) is 67.1 Å². The highest BCUT2D eigenvalue weighted by Crippen LogP contribution is 2.29. The predicted molar refractivity (Wildman–Crippen MR) is 121 cm³/mol. The van der Waals surface area contributed by atoms with Crippen molar-refractivity contribution in [1.29, 1.82) is 0 Å². The lowest BCUT2D eigenvalue weighted by atomic mass is 10.2. The highest BCUT2D eigenvalue weighted by Gasteiger charge is 2.27. The van der Waals surface area contributed by atoms with Crippen LogP contribution in [0.3, 0.4) is 0 Å². The Morgan fingerprint density at radius 2 is 1.88 bits per heavy atom. The Balaban J connectivity index is 1.39. The number of carbonyl (C=O) groups excluding carboxylic acids is 1. The van der Waals surface area contributed by atoms with Crippen LogP contribution in [-0.2, 0) is 19.4 Å². The quantitative estimate of drug-likeness (QED) is 0.498. The van der Waals surface area contributed by atoms with E-state index in [9.17, 15) is 4.79 Å². The maximum absolute atomic E-state index is 13.2. The molecule has 0 atom stereocenters. The van der Waals surface area contributed by atoms with Crippen LogP contribution < -0.4 is 10.1 Å². The second-order valence-electron chi connectivity index (χ2n) is 7.82. The number of amides is 1. The molecule has 4 aromatic rings. The van der Waals surface area contributed by atoms with Crippen molar-refractivity contribution in [2.24, 2.45) is 0 Å². The Hall–Kier alpha value is -4.00. The van der Waals surface area contributed by atoms with E-state index in [4.69, 9.17) is 4.74 Å². The molecular weight excluding hydrogens is 402 g/mol. The van der Waals surface area contributed by atoms with Crippen LogP contribution in [0.4, 0.5) is 5.82 Å². The van der Waals surface area contributed by atoms with Crippen molar-refractivity contribution in [2.75, 3.05) is 5.32 Å². The molecule has 0 unspecified atom stereocenters. The largest absolute Gasteiger partial charge is 0.485 e. The Bertz CT molecular complexity index is 1250. The van der Waals surface area contributed by atoms with Crippen LogP contribution in [0.25, 0.3) is 5.69 Å². The van der Waals surface area contributed by atoms with E-state index >= 15 is 0 Å². The molecule has 0 radical (unpaired) electrons. The molecule has 5 rings (SSSR count). The summed E-state index contributed by atoms with van der Waals surface area (Å²) in [6, 6.07) is 15.5. The zero-order chi connectivity index (χ0) is 21.9. The zero-order valence-electron chi connectivity index (χ0n) is 17.8. The molecule has 1 aromatic carbocycles. The van der Waals surface area contributed by atoms with Gasteiger partial charge < -0.3 is 10.1 Å². The number of aromatic nitrogens is 4. The fourth-order valence-corrected chi connectivity index (χ4v) is 3.93. The zero-order valence-corrected chi connectivity index (χ0v) is 17.8. The molecule has 0 fully saturated rings. The maximum Gasteiger partial charge on any atom is 0.277 e. The number of anilines is 1. The highest BCUT2D eigenvalue weighted by molar-refractivity contribution is 6.04. The molecule has 0 bridgehead atoms. The van der Waals surface area contributed by atoms with E-state index in [1.165, 1.54) is 5.56 Å². The summed E-state index contributed by atoms with van der Waals surface area (Å²) in [5.41, 5.74) is 5.70. The van der Waals surface area contributed by atoms with Gasteiger partial charge in [0.15, 0.2) is 17.3 Å². The molecule has 0 aliphatic heterocycles. The summed E-state index contributed by atoms with van der Waals surface area (Å²) in [5, 5.41) is 7.58. The third kappa shape index (κ3) is 3.97. The number of benzene rings is 1. The number of carbonyl (C=O) groups is 1. The van der Waals surface area contributed by atoms with Crippen LogP contribution in [0, 0.1) is 6.92 Å². The van der Waals surface area contributed by atoms with Gasteiger partial charge in [-0.1, -0.05) is 17.7 Å². The molecular formula is C25H23N5O2. The van der Waals surface area contributed by atoms with Gasteiger partial charge in [0.2, 0.25) is 0 Å². The molecule has 0 saturated heterocycles. The first-order valence-corrected chi connectivity index (χ1v) is 10.6. The van der Waals surface area contributed by atoms with Gasteiger partial charge in [-0.05, 0) is 68.1 Å². The first-order valence-electron chi connectivity index (χ1n) is 10.6. The SMILES string of the molecule is Cc1ccc(-n2nc(C(=O)Nc3ncccc3OCc3ccncc3)c3c2CCC3)cc1. The van der Waals surface area contributed by atoms with E-state index in [0.717, 1.165) is 41.8 Å². The Labute approximate surface area is 186 Å². The Morgan fingerprint density at radius 3 is 2.69 bits per heavy atom. The maximum atomic E-state index is 13.2. The monoisotopic (exact) mass is 425 g/mol. The van der Waals surface area contributed by atoms with Gasteiger partial charge in [-0.25, -0.2) is 9.67 Å². The fraction of sp³-hybridized carbons (Fsp3) is 0.200. The van der Waals surface area contributed by atoms with Crippen molar-refractivity contribution in [2.45, 2.75) is 32.8 Å².